The number of amides is 1. The number of imidazole rings is 1. The highest BCUT2D eigenvalue weighted by atomic mass is 16.6. The molecule has 2 aromatic heterocycles. The molecule has 0 saturated carbocycles. The van der Waals surface area contributed by atoms with E-state index in [1.165, 1.54) is 17.8 Å². The molecule has 3 rings (SSSR count). The van der Waals surface area contributed by atoms with E-state index < -0.39 is 6.09 Å². The highest BCUT2D eigenvalue weighted by molar-refractivity contribution is 5.74. The van der Waals surface area contributed by atoms with Crippen molar-refractivity contribution in [3.63, 3.8) is 0 Å². The lowest BCUT2D eigenvalue weighted by Gasteiger charge is -2.13. The van der Waals surface area contributed by atoms with E-state index in [2.05, 4.69) is 32.1 Å². The molecule has 0 fully saturated rings. The Bertz CT molecular complexity index is 1070. The molecule has 0 aliphatic carbocycles. The number of aryl methyl sites for hydroxylation is 1. The number of nitriles is 1. The predicted octanol–water partition coefficient (Wildman–Crippen LogP) is 2.43. The minimum Gasteiger partial charge on any atom is -0.410 e. The van der Waals surface area contributed by atoms with Gasteiger partial charge in [0.25, 0.3) is 0 Å². The summed E-state index contributed by atoms with van der Waals surface area (Å²) in [5.74, 6) is 0.913. The molecule has 0 radical (unpaired) electrons. The third kappa shape index (κ3) is 4.53. The first-order valence-corrected chi connectivity index (χ1v) is 8.84. The Hall–Kier alpha value is -3.84. The van der Waals surface area contributed by atoms with E-state index in [0.29, 0.717) is 47.4 Å². The van der Waals surface area contributed by atoms with Gasteiger partial charge in [0.1, 0.15) is 11.8 Å². The number of rotatable bonds is 7. The van der Waals surface area contributed by atoms with Crippen LogP contribution in [0.1, 0.15) is 11.3 Å². The fourth-order valence-electron chi connectivity index (χ4n) is 2.61. The molecule has 0 saturated heterocycles. The van der Waals surface area contributed by atoms with Crippen molar-refractivity contribution in [2.24, 2.45) is 0 Å². The monoisotopic (exact) mass is 395 g/mol. The highest BCUT2D eigenvalue weighted by Gasteiger charge is 2.12. The predicted molar refractivity (Wildman–Crippen MR) is 108 cm³/mol. The maximum absolute atomic E-state index is 11.5. The molecule has 0 bridgehead atoms. The number of methoxy groups -OCH3 is 1. The SMILES string of the molecule is CNC(=O)Oc1cc(Nc2cc(NCCOC)c3ncc(C#N)n3n2)ccc1C. The van der Waals surface area contributed by atoms with E-state index in [-0.39, 0.29) is 0 Å². The molecule has 0 aliphatic rings. The second-order valence-corrected chi connectivity index (χ2v) is 6.10. The van der Waals surface area contributed by atoms with Crippen molar-refractivity contribution < 1.29 is 14.3 Å². The molecule has 0 unspecified atom stereocenters. The molecule has 0 atom stereocenters. The second kappa shape index (κ2) is 8.90. The van der Waals surface area contributed by atoms with Gasteiger partial charge >= 0.3 is 6.09 Å². The summed E-state index contributed by atoms with van der Waals surface area (Å²) in [6.07, 6.45) is 0.918. The normalized spacial score (nSPS) is 10.4. The number of hydrogen-bond donors (Lipinski definition) is 3. The van der Waals surface area contributed by atoms with Gasteiger partial charge in [-0.05, 0) is 18.6 Å². The van der Waals surface area contributed by atoms with Crippen molar-refractivity contribution in [2.75, 3.05) is 37.9 Å². The zero-order chi connectivity index (χ0) is 20.8. The minimum absolute atomic E-state index is 0.311. The van der Waals surface area contributed by atoms with Crippen molar-refractivity contribution >= 4 is 28.9 Å². The van der Waals surface area contributed by atoms with Crippen molar-refractivity contribution in [1.29, 1.82) is 5.26 Å². The van der Waals surface area contributed by atoms with Gasteiger partial charge in [0.05, 0.1) is 18.5 Å². The van der Waals surface area contributed by atoms with Gasteiger partial charge < -0.3 is 25.4 Å². The first-order valence-electron chi connectivity index (χ1n) is 8.84. The van der Waals surface area contributed by atoms with Crippen molar-refractivity contribution in [3.05, 3.63) is 41.7 Å². The summed E-state index contributed by atoms with van der Waals surface area (Å²) in [4.78, 5) is 15.8. The lowest BCUT2D eigenvalue weighted by Crippen LogP contribution is -2.22. The molecule has 29 heavy (non-hydrogen) atoms. The number of carbonyl (C=O) groups excluding carboxylic acids is 1. The number of hydrogen-bond acceptors (Lipinski definition) is 8. The topological polar surface area (TPSA) is 126 Å². The van der Waals surface area contributed by atoms with Crippen LogP contribution in [-0.2, 0) is 4.74 Å². The second-order valence-electron chi connectivity index (χ2n) is 6.10. The quantitative estimate of drug-likeness (QED) is 0.521. The average molecular weight is 395 g/mol. The fraction of sp³-hybridized carbons (Fsp3) is 0.263. The number of nitrogens with one attached hydrogen (secondary N) is 3. The Kier molecular flexibility index (Phi) is 6.11. The van der Waals surface area contributed by atoms with Crippen LogP contribution in [0.2, 0.25) is 0 Å². The van der Waals surface area contributed by atoms with E-state index in [1.807, 2.05) is 19.1 Å². The number of carbonyl (C=O) groups is 1. The molecule has 10 nitrogen and oxygen atoms in total. The standard InChI is InChI=1S/C19H21N7O3/c1-12-4-5-13(8-16(12)29-19(27)21-2)24-17-9-15(22-6-7-28-3)18-23-11-14(10-20)26(18)25-17/h4-5,8-9,11,22H,6-7H2,1-3H3,(H,21,27)(H,24,25). The largest absolute Gasteiger partial charge is 0.412 e. The van der Waals surface area contributed by atoms with Crippen LogP contribution in [-0.4, -0.2) is 48.0 Å². The Morgan fingerprint density at radius 1 is 1.34 bits per heavy atom. The Labute approximate surface area is 167 Å². The summed E-state index contributed by atoms with van der Waals surface area (Å²) in [6.45, 7) is 2.93. The van der Waals surface area contributed by atoms with Gasteiger partial charge in [-0.3, -0.25) is 0 Å². The van der Waals surface area contributed by atoms with E-state index in [0.717, 1.165) is 5.56 Å². The molecule has 2 heterocycles. The molecule has 3 N–H and O–H groups in total. The van der Waals surface area contributed by atoms with E-state index in [9.17, 15) is 10.1 Å². The summed E-state index contributed by atoms with van der Waals surface area (Å²) in [5.41, 5.74) is 3.03. The summed E-state index contributed by atoms with van der Waals surface area (Å²) in [5, 5.41) is 22.6. The van der Waals surface area contributed by atoms with Crippen LogP contribution in [0.4, 0.5) is 22.0 Å². The molecular formula is C19H21N7O3. The van der Waals surface area contributed by atoms with Crippen molar-refractivity contribution in [3.8, 4) is 11.8 Å². The van der Waals surface area contributed by atoms with E-state index >= 15 is 0 Å². The van der Waals surface area contributed by atoms with Gasteiger partial charge in [0.2, 0.25) is 0 Å². The number of anilines is 3. The maximum atomic E-state index is 11.5. The van der Waals surface area contributed by atoms with Gasteiger partial charge in [-0.25, -0.2) is 9.78 Å². The van der Waals surface area contributed by atoms with Crippen LogP contribution in [0.25, 0.3) is 5.65 Å². The highest BCUT2D eigenvalue weighted by Crippen LogP contribution is 2.27. The smallest absolute Gasteiger partial charge is 0.410 e. The van der Waals surface area contributed by atoms with Crippen LogP contribution in [0.5, 0.6) is 5.75 Å². The van der Waals surface area contributed by atoms with Crippen LogP contribution >= 0.6 is 0 Å². The van der Waals surface area contributed by atoms with Gasteiger partial charge in [-0.2, -0.15) is 9.78 Å². The van der Waals surface area contributed by atoms with Gasteiger partial charge in [-0.15, -0.1) is 5.10 Å². The average Bonchev–Trinajstić information content (AvgIpc) is 3.13. The zero-order valence-electron chi connectivity index (χ0n) is 16.3. The molecule has 0 aliphatic heterocycles. The lowest BCUT2D eigenvalue weighted by molar-refractivity contribution is 0.202. The number of ether oxygens (including phenoxy) is 2. The third-order valence-corrected chi connectivity index (χ3v) is 4.07. The molecule has 0 spiro atoms. The summed E-state index contributed by atoms with van der Waals surface area (Å²) < 4.78 is 11.8. The fourth-order valence-corrected chi connectivity index (χ4v) is 2.61. The van der Waals surface area contributed by atoms with Crippen LogP contribution in [0, 0.1) is 18.3 Å². The molecule has 150 valence electrons. The molecule has 3 aromatic rings. The zero-order valence-corrected chi connectivity index (χ0v) is 16.3. The molecule has 10 heteroatoms. The van der Waals surface area contributed by atoms with Gasteiger partial charge in [0, 0.05) is 38.5 Å². The van der Waals surface area contributed by atoms with E-state index in [4.69, 9.17) is 9.47 Å². The van der Waals surface area contributed by atoms with Crippen LogP contribution in [0.15, 0.2) is 30.5 Å². The van der Waals surface area contributed by atoms with Gasteiger partial charge in [-0.1, -0.05) is 6.07 Å². The van der Waals surface area contributed by atoms with Crippen LogP contribution in [0.3, 0.4) is 0 Å². The molecule has 1 aromatic carbocycles. The van der Waals surface area contributed by atoms with E-state index in [1.54, 1.807) is 19.2 Å². The third-order valence-electron chi connectivity index (χ3n) is 4.07. The summed E-state index contributed by atoms with van der Waals surface area (Å²) in [7, 11) is 3.12. The van der Waals surface area contributed by atoms with Gasteiger partial charge in [0.15, 0.2) is 17.2 Å². The maximum Gasteiger partial charge on any atom is 0.412 e. The number of fused-ring (bicyclic) bond motifs is 1. The first kappa shape index (κ1) is 19.9. The summed E-state index contributed by atoms with van der Waals surface area (Å²) in [6, 6.07) is 9.24. The Morgan fingerprint density at radius 2 is 2.17 bits per heavy atom. The first-order chi connectivity index (χ1) is 14.0. The number of nitrogens with zero attached hydrogens (tertiary/aromatic N) is 4. The van der Waals surface area contributed by atoms with Crippen molar-refractivity contribution in [2.45, 2.75) is 6.92 Å². The summed E-state index contributed by atoms with van der Waals surface area (Å²) >= 11 is 0. The number of aromatic nitrogens is 3. The van der Waals surface area contributed by atoms with Crippen molar-refractivity contribution in [1.82, 2.24) is 19.9 Å². The van der Waals surface area contributed by atoms with Crippen LogP contribution < -0.4 is 20.7 Å². The lowest BCUT2D eigenvalue weighted by atomic mass is 10.2. The minimum atomic E-state index is -0.550. The molecule has 1 amide bonds. The molecular weight excluding hydrogens is 374 g/mol. The Morgan fingerprint density at radius 3 is 2.90 bits per heavy atom. The number of benzene rings is 1. The Balaban J connectivity index is 1.94.